The van der Waals surface area contributed by atoms with Crippen molar-refractivity contribution in [3.05, 3.63) is 51.9 Å². The molecule has 0 bridgehead atoms. The Morgan fingerprint density at radius 1 is 1.09 bits per heavy atom. The minimum atomic E-state index is -0.164. The largest absolute Gasteiger partial charge is 0.358 e. The van der Waals surface area contributed by atoms with Crippen LogP contribution in [0.25, 0.3) is 16.8 Å². The van der Waals surface area contributed by atoms with Gasteiger partial charge in [-0.15, -0.1) is 0 Å². The van der Waals surface area contributed by atoms with E-state index in [-0.39, 0.29) is 5.56 Å². The predicted octanol–water partition coefficient (Wildman–Crippen LogP) is 3.33. The van der Waals surface area contributed by atoms with E-state index in [1.54, 1.807) is 6.07 Å². The van der Waals surface area contributed by atoms with Crippen LogP contribution < -0.4 is 10.5 Å². The van der Waals surface area contributed by atoms with E-state index in [1.165, 1.54) is 10.9 Å². The lowest BCUT2D eigenvalue weighted by atomic mass is 10.1. The Kier molecular flexibility index (Phi) is 3.58. The van der Waals surface area contributed by atoms with E-state index in [2.05, 4.69) is 15.0 Å². The smallest absolute Gasteiger partial charge is 0.276 e. The number of hydrogen-bond acceptors (Lipinski definition) is 3. The van der Waals surface area contributed by atoms with Gasteiger partial charge in [-0.05, 0) is 24.8 Å². The lowest BCUT2D eigenvalue weighted by Crippen LogP contribution is -2.31. The van der Waals surface area contributed by atoms with Crippen LogP contribution in [-0.4, -0.2) is 27.7 Å². The molecule has 6 heteroatoms. The predicted molar refractivity (Wildman–Crippen MR) is 92.3 cm³/mol. The first-order chi connectivity index (χ1) is 11.2. The van der Waals surface area contributed by atoms with Crippen LogP contribution in [0.2, 0.25) is 5.15 Å². The Morgan fingerprint density at radius 3 is 2.57 bits per heavy atom. The fourth-order valence-electron chi connectivity index (χ4n) is 3.17. The van der Waals surface area contributed by atoms with Gasteiger partial charge in [-0.25, -0.2) is 0 Å². The minimum absolute atomic E-state index is 0.164. The van der Waals surface area contributed by atoms with Crippen molar-refractivity contribution in [1.82, 2.24) is 14.6 Å². The Balaban J connectivity index is 1.92. The number of H-pyrrole nitrogens is 1. The molecule has 1 saturated heterocycles. The molecule has 5 nitrogen and oxygen atoms in total. The third kappa shape index (κ3) is 2.51. The second-order valence-electron chi connectivity index (χ2n) is 5.83. The molecule has 1 aliphatic rings. The van der Waals surface area contributed by atoms with Gasteiger partial charge in [0.1, 0.15) is 11.5 Å². The minimum Gasteiger partial charge on any atom is -0.358 e. The van der Waals surface area contributed by atoms with Crippen LogP contribution in [0, 0.1) is 0 Å². The molecule has 3 heterocycles. The molecular weight excluding hydrogens is 312 g/mol. The van der Waals surface area contributed by atoms with Crippen molar-refractivity contribution in [3.63, 3.8) is 0 Å². The van der Waals surface area contributed by atoms with E-state index in [9.17, 15) is 4.79 Å². The second kappa shape index (κ2) is 5.74. The van der Waals surface area contributed by atoms with Gasteiger partial charge in [0.15, 0.2) is 5.15 Å². The molecule has 1 aromatic carbocycles. The van der Waals surface area contributed by atoms with Crippen molar-refractivity contribution in [3.8, 4) is 11.1 Å². The molecule has 1 N–H and O–H groups in total. The van der Waals surface area contributed by atoms with Gasteiger partial charge in [0.2, 0.25) is 0 Å². The van der Waals surface area contributed by atoms with Gasteiger partial charge in [0.05, 0.1) is 5.56 Å². The van der Waals surface area contributed by atoms with Gasteiger partial charge < -0.3 is 9.88 Å². The van der Waals surface area contributed by atoms with Gasteiger partial charge in [-0.3, -0.25) is 4.79 Å². The second-order valence-corrected chi connectivity index (χ2v) is 6.19. The summed E-state index contributed by atoms with van der Waals surface area (Å²) in [5.41, 5.74) is 2.19. The topological polar surface area (TPSA) is 53.4 Å². The van der Waals surface area contributed by atoms with Crippen molar-refractivity contribution in [2.45, 2.75) is 19.3 Å². The zero-order valence-electron chi connectivity index (χ0n) is 12.6. The Morgan fingerprint density at radius 2 is 1.83 bits per heavy atom. The van der Waals surface area contributed by atoms with Gasteiger partial charge in [-0.2, -0.15) is 9.61 Å². The van der Waals surface area contributed by atoms with Crippen LogP contribution in [0.15, 0.2) is 41.2 Å². The summed E-state index contributed by atoms with van der Waals surface area (Å²) in [5, 5.41) is 4.53. The molecule has 23 heavy (non-hydrogen) atoms. The van der Waals surface area contributed by atoms with Crippen LogP contribution in [0.1, 0.15) is 19.3 Å². The summed E-state index contributed by atoms with van der Waals surface area (Å²) in [6.07, 6.45) is 3.55. The maximum Gasteiger partial charge on any atom is 0.276 e. The molecule has 0 amide bonds. The highest BCUT2D eigenvalue weighted by Gasteiger charge is 2.18. The number of aromatic nitrogens is 3. The molecule has 0 radical (unpaired) electrons. The highest BCUT2D eigenvalue weighted by Crippen LogP contribution is 2.31. The van der Waals surface area contributed by atoms with Gasteiger partial charge in [0, 0.05) is 19.2 Å². The van der Waals surface area contributed by atoms with Crippen molar-refractivity contribution in [1.29, 1.82) is 0 Å². The normalized spacial score (nSPS) is 15.3. The van der Waals surface area contributed by atoms with Crippen LogP contribution >= 0.6 is 11.6 Å². The summed E-state index contributed by atoms with van der Waals surface area (Å²) in [7, 11) is 0. The third-order valence-corrected chi connectivity index (χ3v) is 4.58. The van der Waals surface area contributed by atoms with E-state index in [0.717, 1.165) is 42.9 Å². The number of aromatic amines is 1. The number of rotatable bonds is 2. The molecule has 1 aliphatic heterocycles. The number of nitrogens with zero attached hydrogens (tertiary/aromatic N) is 3. The molecule has 0 spiro atoms. The highest BCUT2D eigenvalue weighted by molar-refractivity contribution is 6.33. The van der Waals surface area contributed by atoms with Crippen LogP contribution in [0.4, 0.5) is 5.82 Å². The molecule has 1 fully saturated rings. The van der Waals surface area contributed by atoms with Crippen molar-refractivity contribution >= 4 is 23.1 Å². The van der Waals surface area contributed by atoms with Crippen LogP contribution in [0.3, 0.4) is 0 Å². The summed E-state index contributed by atoms with van der Waals surface area (Å²) < 4.78 is 1.35. The molecular formula is C17H17ClN4O. The maximum atomic E-state index is 12.4. The number of benzene rings is 1. The van der Waals surface area contributed by atoms with Gasteiger partial charge in [0.25, 0.3) is 5.56 Å². The summed E-state index contributed by atoms with van der Waals surface area (Å²) in [6.45, 7) is 1.93. The molecule has 4 rings (SSSR count). The first-order valence-electron chi connectivity index (χ1n) is 7.86. The third-order valence-electron chi connectivity index (χ3n) is 4.32. The quantitative estimate of drug-likeness (QED) is 0.785. The first kappa shape index (κ1) is 14.3. The SMILES string of the molecule is O=c1cc(N2CCCCC2)[nH]c2c(-c3ccccc3)c(Cl)nn12. The zero-order chi connectivity index (χ0) is 15.8. The Labute approximate surface area is 138 Å². The summed E-state index contributed by atoms with van der Waals surface area (Å²) >= 11 is 6.31. The van der Waals surface area contributed by atoms with E-state index in [4.69, 9.17) is 11.6 Å². The fraction of sp³-hybridized carbons (Fsp3) is 0.294. The summed E-state index contributed by atoms with van der Waals surface area (Å²) in [4.78, 5) is 18.0. The maximum absolute atomic E-state index is 12.4. The number of fused-ring (bicyclic) bond motifs is 1. The van der Waals surface area contributed by atoms with E-state index >= 15 is 0 Å². The Bertz CT molecular complexity index is 894. The fourth-order valence-corrected chi connectivity index (χ4v) is 3.44. The molecule has 0 atom stereocenters. The molecule has 3 aromatic rings. The summed E-state index contributed by atoms with van der Waals surface area (Å²) in [5.74, 6) is 0.843. The average molecular weight is 329 g/mol. The first-order valence-corrected chi connectivity index (χ1v) is 8.24. The Hall–Kier alpha value is -2.27. The van der Waals surface area contributed by atoms with E-state index < -0.39 is 0 Å². The number of piperidine rings is 1. The number of anilines is 1. The number of nitrogens with one attached hydrogen (secondary N) is 1. The number of hydrogen-bond donors (Lipinski definition) is 1. The van der Waals surface area contributed by atoms with Crippen LogP contribution in [-0.2, 0) is 0 Å². The molecule has 2 aromatic heterocycles. The lowest BCUT2D eigenvalue weighted by molar-refractivity contribution is 0.573. The van der Waals surface area contributed by atoms with E-state index in [0.29, 0.717) is 10.8 Å². The summed E-state index contributed by atoms with van der Waals surface area (Å²) in [6, 6.07) is 11.4. The molecule has 0 saturated carbocycles. The van der Waals surface area contributed by atoms with Crippen molar-refractivity contribution in [2.24, 2.45) is 0 Å². The molecule has 0 aliphatic carbocycles. The van der Waals surface area contributed by atoms with Crippen LogP contribution in [0.5, 0.6) is 0 Å². The lowest BCUT2D eigenvalue weighted by Gasteiger charge is -2.28. The van der Waals surface area contributed by atoms with E-state index in [1.807, 2.05) is 30.3 Å². The molecule has 0 unspecified atom stereocenters. The van der Waals surface area contributed by atoms with Gasteiger partial charge >= 0.3 is 0 Å². The van der Waals surface area contributed by atoms with Gasteiger partial charge in [-0.1, -0.05) is 41.9 Å². The average Bonchev–Trinajstić information content (AvgIpc) is 2.93. The molecule has 118 valence electrons. The zero-order valence-corrected chi connectivity index (χ0v) is 13.4. The standard InChI is InChI=1S/C17H17ClN4O/c18-16-15(12-7-3-1-4-8-12)17-19-13(11-14(23)22(17)20-16)21-9-5-2-6-10-21/h1,3-4,7-8,11,19H,2,5-6,9-10H2. The number of halogens is 1. The monoisotopic (exact) mass is 328 g/mol. The van der Waals surface area contributed by atoms with Crippen molar-refractivity contribution < 1.29 is 0 Å². The highest BCUT2D eigenvalue weighted by atomic mass is 35.5. The van der Waals surface area contributed by atoms with Crippen molar-refractivity contribution in [2.75, 3.05) is 18.0 Å².